The molecule has 1 aliphatic rings. The molecule has 0 aliphatic carbocycles. The Hall–Kier alpha value is -1.11. The average molecular weight is 297 g/mol. The van der Waals surface area contributed by atoms with Gasteiger partial charge in [0.05, 0.1) is 4.90 Å². The van der Waals surface area contributed by atoms with Crippen molar-refractivity contribution >= 4 is 15.7 Å². The number of anilines is 1. The molecule has 0 bridgehead atoms. The summed E-state index contributed by atoms with van der Waals surface area (Å²) in [5.41, 5.74) is 6.90. The highest BCUT2D eigenvalue weighted by atomic mass is 32.2. The molecule has 112 valence electrons. The molecule has 2 rings (SSSR count). The standard InChI is InChI=1S/C14H23N3O2S/c1-12-11-13(15)5-6-14(12)20(18,19)16-7-4-10-17-8-2-3-9-17/h5-6,11,16H,2-4,7-10,15H2,1H3. The smallest absolute Gasteiger partial charge is 0.240 e. The van der Waals surface area contributed by atoms with E-state index in [-0.39, 0.29) is 0 Å². The van der Waals surface area contributed by atoms with Crippen molar-refractivity contribution in [2.75, 3.05) is 31.9 Å². The van der Waals surface area contributed by atoms with Gasteiger partial charge in [0.2, 0.25) is 10.0 Å². The summed E-state index contributed by atoms with van der Waals surface area (Å²) in [6, 6.07) is 4.86. The predicted molar refractivity (Wildman–Crippen MR) is 81.1 cm³/mol. The van der Waals surface area contributed by atoms with Crippen molar-refractivity contribution in [2.45, 2.75) is 31.1 Å². The maximum absolute atomic E-state index is 12.2. The first kappa shape index (κ1) is 15.3. The summed E-state index contributed by atoms with van der Waals surface area (Å²) in [5.74, 6) is 0. The minimum absolute atomic E-state index is 0.313. The first-order valence-electron chi connectivity index (χ1n) is 7.07. The van der Waals surface area contributed by atoms with Crippen molar-refractivity contribution in [1.29, 1.82) is 0 Å². The van der Waals surface area contributed by atoms with Gasteiger partial charge in [-0.15, -0.1) is 0 Å². The normalized spacial score (nSPS) is 16.6. The molecule has 5 nitrogen and oxygen atoms in total. The van der Waals surface area contributed by atoms with Crippen LogP contribution in [-0.4, -0.2) is 39.5 Å². The zero-order chi connectivity index (χ0) is 14.6. The van der Waals surface area contributed by atoms with E-state index in [1.807, 2.05) is 0 Å². The van der Waals surface area contributed by atoms with Crippen LogP contribution < -0.4 is 10.5 Å². The fourth-order valence-electron chi connectivity index (χ4n) is 2.57. The SMILES string of the molecule is Cc1cc(N)ccc1S(=O)(=O)NCCCN1CCCC1. The second-order valence-electron chi connectivity index (χ2n) is 5.33. The van der Waals surface area contributed by atoms with E-state index < -0.39 is 10.0 Å². The van der Waals surface area contributed by atoms with Crippen LogP contribution in [0.25, 0.3) is 0 Å². The van der Waals surface area contributed by atoms with Crippen LogP contribution in [0.5, 0.6) is 0 Å². The van der Waals surface area contributed by atoms with Crippen LogP contribution in [0.1, 0.15) is 24.8 Å². The van der Waals surface area contributed by atoms with E-state index in [9.17, 15) is 8.42 Å². The number of hydrogen-bond acceptors (Lipinski definition) is 4. The van der Waals surface area contributed by atoms with E-state index in [0.29, 0.717) is 22.7 Å². The molecular formula is C14H23N3O2S. The van der Waals surface area contributed by atoms with Crippen LogP contribution in [0.3, 0.4) is 0 Å². The van der Waals surface area contributed by atoms with Gasteiger partial charge in [-0.05, 0) is 69.6 Å². The molecule has 20 heavy (non-hydrogen) atoms. The highest BCUT2D eigenvalue weighted by Crippen LogP contribution is 2.17. The second kappa shape index (κ2) is 6.56. The summed E-state index contributed by atoms with van der Waals surface area (Å²) in [7, 11) is -3.43. The molecule has 0 saturated carbocycles. The van der Waals surface area contributed by atoms with Gasteiger partial charge in [0.25, 0.3) is 0 Å². The Morgan fingerprint density at radius 1 is 1.30 bits per heavy atom. The summed E-state index contributed by atoms with van der Waals surface area (Å²) >= 11 is 0. The molecule has 1 aromatic carbocycles. The van der Waals surface area contributed by atoms with Gasteiger partial charge in [0.1, 0.15) is 0 Å². The number of nitrogen functional groups attached to an aromatic ring is 1. The van der Waals surface area contributed by atoms with E-state index >= 15 is 0 Å². The lowest BCUT2D eigenvalue weighted by Crippen LogP contribution is -2.29. The number of sulfonamides is 1. The van der Waals surface area contributed by atoms with Crippen molar-refractivity contribution in [2.24, 2.45) is 0 Å². The molecule has 0 unspecified atom stereocenters. The molecule has 1 aliphatic heterocycles. The minimum atomic E-state index is -3.43. The third-order valence-corrected chi connectivity index (χ3v) is 5.25. The Balaban J connectivity index is 1.87. The summed E-state index contributed by atoms with van der Waals surface area (Å²) in [6.45, 7) is 5.48. The van der Waals surface area contributed by atoms with Gasteiger partial charge in [-0.3, -0.25) is 0 Å². The lowest BCUT2D eigenvalue weighted by atomic mass is 10.2. The fraction of sp³-hybridized carbons (Fsp3) is 0.571. The molecule has 0 amide bonds. The average Bonchev–Trinajstić information content (AvgIpc) is 2.87. The Labute approximate surface area is 121 Å². The number of rotatable bonds is 6. The molecule has 1 aromatic rings. The molecule has 6 heteroatoms. The molecular weight excluding hydrogens is 274 g/mol. The number of benzene rings is 1. The third-order valence-electron chi connectivity index (χ3n) is 3.63. The quantitative estimate of drug-likeness (QED) is 0.614. The van der Waals surface area contributed by atoms with Crippen LogP contribution in [0.4, 0.5) is 5.69 Å². The van der Waals surface area contributed by atoms with Gasteiger partial charge in [0.15, 0.2) is 0 Å². The molecule has 3 N–H and O–H groups in total. The largest absolute Gasteiger partial charge is 0.399 e. The highest BCUT2D eigenvalue weighted by molar-refractivity contribution is 7.89. The van der Waals surface area contributed by atoms with Gasteiger partial charge in [-0.25, -0.2) is 13.1 Å². The van der Waals surface area contributed by atoms with Crippen LogP contribution in [-0.2, 0) is 10.0 Å². The predicted octanol–water partition coefficient (Wildman–Crippen LogP) is 1.34. The zero-order valence-electron chi connectivity index (χ0n) is 11.9. The van der Waals surface area contributed by atoms with Gasteiger partial charge < -0.3 is 10.6 Å². The Kier molecular flexibility index (Phi) is 5.01. The minimum Gasteiger partial charge on any atom is -0.399 e. The third kappa shape index (κ3) is 3.94. The Morgan fingerprint density at radius 3 is 2.65 bits per heavy atom. The van der Waals surface area contributed by atoms with Gasteiger partial charge in [-0.1, -0.05) is 0 Å². The number of hydrogen-bond donors (Lipinski definition) is 2. The van der Waals surface area contributed by atoms with Gasteiger partial charge in [0, 0.05) is 12.2 Å². The summed E-state index contributed by atoms with van der Waals surface area (Å²) < 4.78 is 27.1. The molecule has 0 aromatic heterocycles. The molecule has 0 radical (unpaired) electrons. The van der Waals surface area contributed by atoms with Crippen LogP contribution in [0.15, 0.2) is 23.1 Å². The topological polar surface area (TPSA) is 75.4 Å². The van der Waals surface area contributed by atoms with Crippen molar-refractivity contribution in [1.82, 2.24) is 9.62 Å². The lowest BCUT2D eigenvalue weighted by Gasteiger charge is -2.15. The second-order valence-corrected chi connectivity index (χ2v) is 7.06. The van der Waals surface area contributed by atoms with Gasteiger partial charge in [-0.2, -0.15) is 0 Å². The first-order valence-corrected chi connectivity index (χ1v) is 8.55. The number of nitrogens with two attached hydrogens (primary N) is 1. The van der Waals surface area contributed by atoms with Crippen molar-refractivity contribution in [3.05, 3.63) is 23.8 Å². The van der Waals surface area contributed by atoms with Crippen molar-refractivity contribution < 1.29 is 8.42 Å². The Morgan fingerprint density at radius 2 is 2.00 bits per heavy atom. The van der Waals surface area contributed by atoms with E-state index in [0.717, 1.165) is 26.1 Å². The highest BCUT2D eigenvalue weighted by Gasteiger charge is 2.16. The van der Waals surface area contributed by atoms with E-state index in [2.05, 4.69) is 9.62 Å². The van der Waals surface area contributed by atoms with Crippen LogP contribution in [0.2, 0.25) is 0 Å². The maximum Gasteiger partial charge on any atom is 0.240 e. The monoisotopic (exact) mass is 297 g/mol. The van der Waals surface area contributed by atoms with Crippen molar-refractivity contribution in [3.8, 4) is 0 Å². The maximum atomic E-state index is 12.2. The number of aryl methyl sites for hydroxylation is 1. The molecule has 0 spiro atoms. The number of nitrogens with zero attached hydrogens (tertiary/aromatic N) is 1. The zero-order valence-corrected chi connectivity index (χ0v) is 12.7. The number of likely N-dealkylation sites (tertiary alicyclic amines) is 1. The first-order chi connectivity index (χ1) is 9.49. The summed E-state index contributed by atoms with van der Waals surface area (Å²) in [5, 5.41) is 0. The number of nitrogens with one attached hydrogen (secondary N) is 1. The van der Waals surface area contributed by atoms with E-state index in [1.165, 1.54) is 12.8 Å². The van der Waals surface area contributed by atoms with Gasteiger partial charge >= 0.3 is 0 Å². The van der Waals surface area contributed by atoms with Crippen molar-refractivity contribution in [3.63, 3.8) is 0 Å². The lowest BCUT2D eigenvalue weighted by molar-refractivity contribution is 0.334. The molecule has 0 atom stereocenters. The molecule has 1 fully saturated rings. The summed E-state index contributed by atoms with van der Waals surface area (Å²) in [4.78, 5) is 2.69. The summed E-state index contributed by atoms with van der Waals surface area (Å²) in [6.07, 6.45) is 3.36. The van der Waals surface area contributed by atoms with E-state index in [1.54, 1.807) is 25.1 Å². The molecule has 1 saturated heterocycles. The van der Waals surface area contributed by atoms with Crippen LogP contribution >= 0.6 is 0 Å². The van der Waals surface area contributed by atoms with E-state index in [4.69, 9.17) is 5.73 Å². The Bertz CT molecular complexity index is 552. The molecule has 1 heterocycles. The fourth-order valence-corrected chi connectivity index (χ4v) is 3.87. The van der Waals surface area contributed by atoms with Crippen LogP contribution in [0, 0.1) is 6.92 Å².